The molecule has 1 saturated heterocycles. The predicted octanol–water partition coefficient (Wildman–Crippen LogP) is 0.743. The Bertz CT molecular complexity index is 207. The lowest BCUT2D eigenvalue weighted by atomic mass is 10.2. The topological polar surface area (TPSA) is 58.6 Å². The van der Waals surface area contributed by atoms with Crippen LogP contribution in [0.5, 0.6) is 0 Å². The molecule has 0 aromatic rings. The number of hydrogen-bond donors (Lipinski definition) is 2. The molecule has 1 aliphatic heterocycles. The Kier molecular flexibility index (Phi) is 3.76. The zero-order valence-electron chi connectivity index (χ0n) is 7.75. The molecule has 0 bridgehead atoms. The maximum absolute atomic E-state index is 10.3. The van der Waals surface area contributed by atoms with Crippen LogP contribution in [0, 0.1) is 0 Å². The van der Waals surface area contributed by atoms with Crippen LogP contribution in [0.4, 0.5) is 0 Å². The van der Waals surface area contributed by atoms with Crippen molar-refractivity contribution in [2.24, 2.45) is 0 Å². The van der Waals surface area contributed by atoms with Crippen molar-refractivity contribution in [2.75, 3.05) is 13.2 Å². The molecule has 0 aromatic carbocycles. The summed E-state index contributed by atoms with van der Waals surface area (Å²) in [7, 11) is 0. The van der Waals surface area contributed by atoms with Crippen molar-refractivity contribution >= 4 is 5.97 Å². The number of allylic oxidation sites excluding steroid dienone is 1. The maximum atomic E-state index is 10.3. The summed E-state index contributed by atoms with van der Waals surface area (Å²) in [6.07, 6.45) is 3.58. The zero-order valence-corrected chi connectivity index (χ0v) is 7.75. The summed E-state index contributed by atoms with van der Waals surface area (Å²) in [4.78, 5) is 10.3. The van der Waals surface area contributed by atoms with E-state index in [1.54, 1.807) is 6.92 Å². The van der Waals surface area contributed by atoms with E-state index in [0.717, 1.165) is 25.5 Å². The van der Waals surface area contributed by atoms with Gasteiger partial charge in [0.15, 0.2) is 0 Å². The molecular weight excluding hydrogens is 170 g/mol. The third-order valence-electron chi connectivity index (χ3n) is 1.97. The summed E-state index contributed by atoms with van der Waals surface area (Å²) in [5, 5.41) is 11.4. The molecule has 1 rings (SSSR count). The second-order valence-electron chi connectivity index (χ2n) is 3.18. The smallest absolute Gasteiger partial charge is 0.330 e. The minimum absolute atomic E-state index is 0.247. The van der Waals surface area contributed by atoms with Crippen molar-refractivity contribution in [1.29, 1.82) is 0 Å². The molecule has 1 unspecified atom stereocenters. The molecule has 1 fully saturated rings. The number of ether oxygens (including phenoxy) is 1. The van der Waals surface area contributed by atoms with Crippen molar-refractivity contribution < 1.29 is 14.6 Å². The van der Waals surface area contributed by atoms with Gasteiger partial charge in [-0.25, -0.2) is 4.79 Å². The first-order valence-electron chi connectivity index (χ1n) is 4.45. The first-order valence-corrected chi connectivity index (χ1v) is 4.45. The van der Waals surface area contributed by atoms with E-state index in [0.29, 0.717) is 12.2 Å². The third kappa shape index (κ3) is 3.94. The van der Waals surface area contributed by atoms with E-state index >= 15 is 0 Å². The summed E-state index contributed by atoms with van der Waals surface area (Å²) in [5.74, 6) is -0.919. The molecule has 4 heteroatoms. The first-order chi connectivity index (χ1) is 6.18. The van der Waals surface area contributed by atoms with Crippen LogP contribution < -0.4 is 5.32 Å². The van der Waals surface area contributed by atoms with Gasteiger partial charge in [0, 0.05) is 24.9 Å². The third-order valence-corrected chi connectivity index (χ3v) is 1.97. The van der Waals surface area contributed by atoms with Crippen molar-refractivity contribution in [3.05, 3.63) is 11.8 Å². The van der Waals surface area contributed by atoms with Crippen LogP contribution in [0.2, 0.25) is 0 Å². The largest absolute Gasteiger partial charge is 0.478 e. The van der Waals surface area contributed by atoms with Crippen molar-refractivity contribution in [1.82, 2.24) is 5.32 Å². The number of carboxylic acids is 1. The Morgan fingerprint density at radius 1 is 1.77 bits per heavy atom. The molecule has 0 aliphatic carbocycles. The molecular formula is C9H15NO3. The summed E-state index contributed by atoms with van der Waals surface area (Å²) < 4.78 is 5.37. The molecule has 1 aliphatic rings. The van der Waals surface area contributed by atoms with Gasteiger partial charge in [0.2, 0.25) is 0 Å². The molecule has 2 N–H and O–H groups in total. The minimum atomic E-state index is -0.919. The summed E-state index contributed by atoms with van der Waals surface area (Å²) in [6.45, 7) is 3.27. The highest BCUT2D eigenvalue weighted by atomic mass is 16.5. The quantitative estimate of drug-likeness (QED) is 0.634. The molecule has 0 aromatic heterocycles. The normalized spacial score (nSPS) is 23.2. The fraction of sp³-hybridized carbons (Fsp3) is 0.667. The Hall–Kier alpha value is -1.03. The second-order valence-corrected chi connectivity index (χ2v) is 3.18. The van der Waals surface area contributed by atoms with E-state index in [4.69, 9.17) is 9.84 Å². The van der Waals surface area contributed by atoms with Gasteiger partial charge < -0.3 is 15.2 Å². The van der Waals surface area contributed by atoms with E-state index in [-0.39, 0.29) is 6.10 Å². The van der Waals surface area contributed by atoms with E-state index in [2.05, 4.69) is 5.32 Å². The number of aliphatic carboxylic acids is 1. The molecule has 4 nitrogen and oxygen atoms in total. The van der Waals surface area contributed by atoms with E-state index in [1.807, 2.05) is 0 Å². The zero-order chi connectivity index (χ0) is 9.68. The summed E-state index contributed by atoms with van der Waals surface area (Å²) in [5.41, 5.74) is 0.669. The van der Waals surface area contributed by atoms with Crippen molar-refractivity contribution in [3.8, 4) is 0 Å². The molecule has 13 heavy (non-hydrogen) atoms. The fourth-order valence-electron chi connectivity index (χ4n) is 1.32. The Morgan fingerprint density at radius 3 is 3.08 bits per heavy atom. The van der Waals surface area contributed by atoms with E-state index in [1.165, 1.54) is 0 Å². The van der Waals surface area contributed by atoms with Crippen LogP contribution in [0.25, 0.3) is 0 Å². The second kappa shape index (κ2) is 4.87. The average Bonchev–Trinajstić information content (AvgIpc) is 2.51. The van der Waals surface area contributed by atoms with Crippen LogP contribution in [0.3, 0.4) is 0 Å². The average molecular weight is 185 g/mol. The van der Waals surface area contributed by atoms with Crippen molar-refractivity contribution in [2.45, 2.75) is 25.9 Å². The number of carbonyl (C=O) groups is 1. The number of rotatable bonds is 4. The van der Waals surface area contributed by atoms with Crippen molar-refractivity contribution in [3.63, 3.8) is 0 Å². The Balaban J connectivity index is 2.21. The molecule has 0 amide bonds. The van der Waals surface area contributed by atoms with Gasteiger partial charge in [-0.15, -0.1) is 0 Å². The lowest BCUT2D eigenvalue weighted by Gasteiger charge is -2.11. The monoisotopic (exact) mass is 185 g/mol. The van der Waals surface area contributed by atoms with Crippen LogP contribution >= 0.6 is 0 Å². The Labute approximate surface area is 77.6 Å². The lowest BCUT2D eigenvalue weighted by molar-refractivity contribution is -0.131. The van der Waals surface area contributed by atoms with Crippen LogP contribution in [0.15, 0.2) is 11.8 Å². The van der Waals surface area contributed by atoms with Crippen LogP contribution in [-0.4, -0.2) is 30.3 Å². The predicted molar refractivity (Wildman–Crippen MR) is 48.4 cm³/mol. The first kappa shape index (κ1) is 10.1. The van der Waals surface area contributed by atoms with Crippen LogP contribution in [0.1, 0.15) is 19.8 Å². The number of carboxylic acid groups (broad SMARTS) is 1. The van der Waals surface area contributed by atoms with Gasteiger partial charge in [0.1, 0.15) is 0 Å². The molecule has 74 valence electrons. The van der Waals surface area contributed by atoms with Crippen LogP contribution in [-0.2, 0) is 9.53 Å². The number of hydrogen-bond acceptors (Lipinski definition) is 3. The standard InChI is InChI=1S/C9H15NO3/c1-7(5-9(11)12)10-6-8-3-2-4-13-8/h5,8,10H,2-4,6H2,1H3,(H,11,12)/b7-5-. The molecule has 0 saturated carbocycles. The molecule has 0 radical (unpaired) electrons. The fourth-order valence-corrected chi connectivity index (χ4v) is 1.32. The number of nitrogens with one attached hydrogen (secondary N) is 1. The maximum Gasteiger partial charge on any atom is 0.330 e. The molecule has 0 spiro atoms. The highest BCUT2D eigenvalue weighted by Gasteiger charge is 2.14. The molecule has 1 atom stereocenters. The van der Waals surface area contributed by atoms with Gasteiger partial charge in [0.05, 0.1) is 6.10 Å². The SMILES string of the molecule is C/C(=C/C(=O)O)NCC1CCCO1. The van der Waals surface area contributed by atoms with Gasteiger partial charge in [-0.3, -0.25) is 0 Å². The lowest BCUT2D eigenvalue weighted by Crippen LogP contribution is -2.25. The van der Waals surface area contributed by atoms with Gasteiger partial charge in [0.25, 0.3) is 0 Å². The summed E-state index contributed by atoms with van der Waals surface area (Å²) >= 11 is 0. The molecule has 1 heterocycles. The highest BCUT2D eigenvalue weighted by Crippen LogP contribution is 2.10. The van der Waals surface area contributed by atoms with Gasteiger partial charge in [-0.1, -0.05) is 0 Å². The van der Waals surface area contributed by atoms with E-state index in [9.17, 15) is 4.79 Å². The van der Waals surface area contributed by atoms with Gasteiger partial charge in [-0.05, 0) is 19.8 Å². The summed E-state index contributed by atoms with van der Waals surface area (Å²) in [6, 6.07) is 0. The van der Waals surface area contributed by atoms with Gasteiger partial charge in [-0.2, -0.15) is 0 Å². The Morgan fingerprint density at radius 2 is 2.54 bits per heavy atom. The minimum Gasteiger partial charge on any atom is -0.478 e. The van der Waals surface area contributed by atoms with Gasteiger partial charge >= 0.3 is 5.97 Å². The highest BCUT2D eigenvalue weighted by molar-refractivity contribution is 5.80. The van der Waals surface area contributed by atoms with E-state index < -0.39 is 5.97 Å².